The molecular weight excluding hydrogens is 304 g/mol. The Morgan fingerprint density at radius 3 is 2.09 bits per heavy atom. The van der Waals surface area contributed by atoms with Crippen LogP contribution in [-0.2, 0) is 8.85 Å². The van der Waals surface area contributed by atoms with E-state index in [2.05, 4.69) is 45.7 Å². The van der Waals surface area contributed by atoms with Gasteiger partial charge in [0.15, 0.2) is 0 Å². The van der Waals surface area contributed by atoms with E-state index in [-0.39, 0.29) is 0 Å². The van der Waals surface area contributed by atoms with Crippen molar-refractivity contribution in [3.05, 3.63) is 34.7 Å². The quantitative estimate of drug-likeness (QED) is 0.659. The molecule has 0 spiro atoms. The molecule has 0 aromatic rings. The van der Waals surface area contributed by atoms with Crippen LogP contribution in [0.25, 0.3) is 0 Å². The Morgan fingerprint density at radius 1 is 0.955 bits per heavy atom. The molecule has 0 bridgehead atoms. The van der Waals surface area contributed by atoms with Crippen molar-refractivity contribution in [3.8, 4) is 0 Å². The Labute approximate surface area is 137 Å². The van der Waals surface area contributed by atoms with Gasteiger partial charge in [-0.05, 0) is 67.8 Å². The van der Waals surface area contributed by atoms with Gasteiger partial charge in [-0.3, -0.25) is 0 Å². The predicted molar refractivity (Wildman–Crippen MR) is 97.7 cm³/mol. The summed E-state index contributed by atoms with van der Waals surface area (Å²) in [4.78, 5) is 0. The van der Waals surface area contributed by atoms with E-state index in [1.165, 1.54) is 53.7 Å². The SMILES string of the molecule is C=C1C=CC([Si]2(C)CCCC(C)O2)=C1[Si]1(C)CCCC(C)O1. The maximum Gasteiger partial charge on any atom is 0.222 e. The highest BCUT2D eigenvalue weighted by Crippen LogP contribution is 2.44. The third-order valence-corrected chi connectivity index (χ3v) is 13.5. The zero-order valence-corrected chi connectivity index (χ0v) is 16.6. The third kappa shape index (κ3) is 2.86. The average molecular weight is 335 g/mol. The number of allylic oxidation sites excluding steroid dienone is 5. The van der Waals surface area contributed by atoms with Gasteiger partial charge in [-0.1, -0.05) is 31.6 Å². The molecule has 0 saturated carbocycles. The molecule has 0 N–H and O–H groups in total. The standard InChI is InChI=1S/C18H30O2Si2/c1-14-10-11-17(21(4)12-6-8-15(2)19-21)18(14)22(5)13-7-9-16(3)20-22/h10-11,15-16H,1,6-9,12-13H2,2-5H3. The largest absolute Gasteiger partial charge is 0.410 e. The Kier molecular flexibility index (Phi) is 4.40. The Hall–Kier alpha value is -0.426. The molecule has 4 heteroatoms. The van der Waals surface area contributed by atoms with Gasteiger partial charge in [-0.15, -0.1) is 0 Å². The van der Waals surface area contributed by atoms with Crippen LogP contribution < -0.4 is 0 Å². The van der Waals surface area contributed by atoms with Gasteiger partial charge < -0.3 is 8.85 Å². The highest BCUT2D eigenvalue weighted by Gasteiger charge is 2.47. The van der Waals surface area contributed by atoms with Crippen LogP contribution in [0.15, 0.2) is 34.7 Å². The van der Waals surface area contributed by atoms with E-state index in [4.69, 9.17) is 8.85 Å². The summed E-state index contributed by atoms with van der Waals surface area (Å²) in [6.07, 6.45) is 10.3. The molecule has 122 valence electrons. The second-order valence-corrected chi connectivity index (χ2v) is 15.2. The molecule has 2 nitrogen and oxygen atoms in total. The molecule has 2 heterocycles. The fourth-order valence-corrected chi connectivity index (χ4v) is 13.4. The molecule has 3 aliphatic rings. The van der Waals surface area contributed by atoms with E-state index in [1.54, 1.807) is 0 Å². The van der Waals surface area contributed by atoms with Crippen LogP contribution in [0, 0.1) is 0 Å². The lowest BCUT2D eigenvalue weighted by Crippen LogP contribution is -2.49. The lowest BCUT2D eigenvalue weighted by Gasteiger charge is -2.42. The maximum atomic E-state index is 6.57. The average Bonchev–Trinajstić information content (AvgIpc) is 2.81. The normalized spacial score (nSPS) is 43.0. The predicted octanol–water partition coefficient (Wildman–Crippen LogP) is 5.04. The third-order valence-electron chi connectivity index (χ3n) is 5.59. The zero-order valence-electron chi connectivity index (χ0n) is 14.6. The van der Waals surface area contributed by atoms with Crippen molar-refractivity contribution in [1.29, 1.82) is 0 Å². The van der Waals surface area contributed by atoms with Crippen LogP contribution in [0.4, 0.5) is 0 Å². The number of hydrogen-bond donors (Lipinski definition) is 0. The number of hydrogen-bond acceptors (Lipinski definition) is 2. The first-order valence-corrected chi connectivity index (χ1v) is 14.1. The van der Waals surface area contributed by atoms with E-state index in [0.717, 1.165) is 0 Å². The van der Waals surface area contributed by atoms with Crippen molar-refractivity contribution >= 4 is 16.6 Å². The lowest BCUT2D eigenvalue weighted by atomic mass is 10.2. The second-order valence-electron chi connectivity index (χ2n) is 7.75. The molecule has 0 radical (unpaired) electrons. The molecule has 4 unspecified atom stereocenters. The Bertz CT molecular complexity index is 509. The van der Waals surface area contributed by atoms with Gasteiger partial charge in [-0.25, -0.2) is 0 Å². The van der Waals surface area contributed by atoms with E-state index < -0.39 is 16.6 Å². The first-order chi connectivity index (χ1) is 10.3. The van der Waals surface area contributed by atoms with Gasteiger partial charge in [0.1, 0.15) is 0 Å². The summed E-state index contributed by atoms with van der Waals surface area (Å²) in [7, 11) is -3.71. The monoisotopic (exact) mass is 334 g/mol. The van der Waals surface area contributed by atoms with E-state index in [1.807, 2.05) is 0 Å². The first-order valence-electron chi connectivity index (χ1n) is 8.82. The summed E-state index contributed by atoms with van der Waals surface area (Å²) in [5.74, 6) is 0. The molecule has 2 aliphatic heterocycles. The molecule has 0 aromatic carbocycles. The van der Waals surface area contributed by atoms with E-state index >= 15 is 0 Å². The molecule has 0 aromatic heterocycles. The van der Waals surface area contributed by atoms with Gasteiger partial charge in [0.2, 0.25) is 16.6 Å². The highest BCUT2D eigenvalue weighted by molar-refractivity contribution is 6.87. The minimum Gasteiger partial charge on any atom is -0.410 e. The fourth-order valence-electron chi connectivity index (χ4n) is 4.55. The molecule has 22 heavy (non-hydrogen) atoms. The summed E-state index contributed by atoms with van der Waals surface area (Å²) >= 11 is 0. The van der Waals surface area contributed by atoms with Crippen LogP contribution >= 0.6 is 0 Å². The fraction of sp³-hybridized carbons (Fsp3) is 0.667. The van der Waals surface area contributed by atoms with Crippen LogP contribution in [0.2, 0.25) is 25.2 Å². The summed E-state index contributed by atoms with van der Waals surface area (Å²) in [5.41, 5.74) is 1.20. The lowest BCUT2D eigenvalue weighted by molar-refractivity contribution is 0.178. The van der Waals surface area contributed by atoms with Crippen molar-refractivity contribution in [3.63, 3.8) is 0 Å². The topological polar surface area (TPSA) is 18.5 Å². The van der Waals surface area contributed by atoms with Crippen LogP contribution in [-0.4, -0.2) is 28.8 Å². The molecule has 1 aliphatic carbocycles. The summed E-state index contributed by atoms with van der Waals surface area (Å²) in [5, 5.41) is 3.00. The molecule has 4 atom stereocenters. The Balaban J connectivity index is 2.00. The molecule has 2 fully saturated rings. The highest BCUT2D eigenvalue weighted by atomic mass is 28.4. The molecule has 3 rings (SSSR count). The zero-order chi connectivity index (χ0) is 16.0. The summed E-state index contributed by atoms with van der Waals surface area (Å²) in [6.45, 7) is 13.6. The number of rotatable bonds is 2. The maximum absolute atomic E-state index is 6.57. The van der Waals surface area contributed by atoms with Crippen molar-refractivity contribution in [2.75, 3.05) is 0 Å². The van der Waals surface area contributed by atoms with Crippen molar-refractivity contribution < 1.29 is 8.85 Å². The summed E-state index contributed by atoms with van der Waals surface area (Å²) < 4.78 is 13.1. The molecule has 2 saturated heterocycles. The van der Waals surface area contributed by atoms with Crippen LogP contribution in [0.1, 0.15) is 39.5 Å². The van der Waals surface area contributed by atoms with Gasteiger partial charge in [0.25, 0.3) is 0 Å². The van der Waals surface area contributed by atoms with Crippen molar-refractivity contribution in [2.45, 2.75) is 76.9 Å². The van der Waals surface area contributed by atoms with E-state index in [0.29, 0.717) is 12.2 Å². The van der Waals surface area contributed by atoms with Crippen LogP contribution in [0.5, 0.6) is 0 Å². The van der Waals surface area contributed by atoms with Gasteiger partial charge >= 0.3 is 0 Å². The van der Waals surface area contributed by atoms with Gasteiger partial charge in [0.05, 0.1) is 0 Å². The second kappa shape index (κ2) is 5.89. The molecular formula is C18H30O2Si2. The van der Waals surface area contributed by atoms with Gasteiger partial charge in [0, 0.05) is 12.2 Å². The smallest absolute Gasteiger partial charge is 0.222 e. The van der Waals surface area contributed by atoms with Crippen LogP contribution in [0.3, 0.4) is 0 Å². The van der Waals surface area contributed by atoms with Crippen molar-refractivity contribution in [1.82, 2.24) is 0 Å². The minimum absolute atomic E-state index is 0.397. The molecule has 0 amide bonds. The van der Waals surface area contributed by atoms with E-state index in [9.17, 15) is 0 Å². The summed E-state index contributed by atoms with van der Waals surface area (Å²) in [6, 6.07) is 2.48. The minimum atomic E-state index is -1.87. The van der Waals surface area contributed by atoms with Crippen molar-refractivity contribution in [2.24, 2.45) is 0 Å². The first kappa shape index (κ1) is 16.4. The Morgan fingerprint density at radius 2 is 1.50 bits per heavy atom. The van der Waals surface area contributed by atoms with Gasteiger partial charge in [-0.2, -0.15) is 0 Å².